The molecule has 0 aliphatic rings. The van der Waals surface area contributed by atoms with E-state index in [0.717, 1.165) is 11.6 Å². The minimum atomic E-state index is 0.615. The first kappa shape index (κ1) is 9.43. The maximum Gasteiger partial charge on any atom is 0.0598 e. The summed E-state index contributed by atoms with van der Waals surface area (Å²) < 4.78 is 1.39. The smallest absolute Gasteiger partial charge is 0.0598 e. The monoisotopic (exact) mass is 206 g/mol. The third-order valence-corrected chi connectivity index (χ3v) is 4.26. The van der Waals surface area contributed by atoms with Gasteiger partial charge in [-0.3, -0.25) is 0 Å². The highest BCUT2D eigenvalue weighted by atomic mass is 35.5. The lowest BCUT2D eigenvalue weighted by Crippen LogP contribution is -1.98. The van der Waals surface area contributed by atoms with Crippen LogP contribution in [0.5, 0.6) is 0 Å². The summed E-state index contributed by atoms with van der Waals surface area (Å²) >= 11 is 9.37. The molecule has 0 aliphatic carbocycles. The molecule has 0 saturated heterocycles. The molecule has 1 rings (SSSR count). The van der Waals surface area contributed by atoms with Gasteiger partial charge in [-0.05, 0) is 17.4 Å². The molecule has 0 N–H and O–H groups in total. The van der Waals surface area contributed by atoms with Gasteiger partial charge >= 0.3 is 0 Å². The van der Waals surface area contributed by atoms with Gasteiger partial charge in [-0.25, -0.2) is 0 Å². The second-order valence-electron chi connectivity index (χ2n) is 2.50. The number of hydrogen-bond acceptors (Lipinski definition) is 2. The highest BCUT2D eigenvalue weighted by Crippen LogP contribution is 2.25. The second-order valence-corrected chi connectivity index (χ2v) is 5.08. The van der Waals surface area contributed by atoms with Crippen LogP contribution in [0.4, 0.5) is 0 Å². The fourth-order valence-electron chi connectivity index (χ4n) is 0.615. The van der Waals surface area contributed by atoms with Crippen molar-refractivity contribution in [3.05, 3.63) is 17.5 Å². The van der Waals surface area contributed by atoms with Gasteiger partial charge in [0.2, 0.25) is 0 Å². The molecule has 1 aromatic heterocycles. The van der Waals surface area contributed by atoms with Crippen LogP contribution < -0.4 is 0 Å². The molecule has 0 radical (unpaired) electrons. The number of halogens is 1. The van der Waals surface area contributed by atoms with Crippen LogP contribution >= 0.6 is 34.7 Å². The predicted octanol–water partition coefficient (Wildman–Crippen LogP) is 3.72. The van der Waals surface area contributed by atoms with E-state index in [2.05, 4.69) is 24.4 Å². The van der Waals surface area contributed by atoms with E-state index in [1.165, 1.54) is 4.21 Å². The SMILES string of the molecule is CC(CCl)CSc1cccs1. The van der Waals surface area contributed by atoms with Crippen molar-refractivity contribution in [2.45, 2.75) is 11.1 Å². The molecular weight excluding hydrogens is 196 g/mol. The van der Waals surface area contributed by atoms with Crippen LogP contribution in [-0.2, 0) is 0 Å². The summed E-state index contributed by atoms with van der Waals surface area (Å²) in [4.78, 5) is 0. The molecule has 3 heteroatoms. The summed E-state index contributed by atoms with van der Waals surface area (Å²) in [6, 6.07) is 4.23. The molecule has 1 atom stereocenters. The first-order valence-electron chi connectivity index (χ1n) is 3.55. The number of alkyl halides is 1. The maximum atomic E-state index is 5.68. The Bertz CT molecular complexity index is 184. The Morgan fingerprint density at radius 3 is 3.09 bits per heavy atom. The van der Waals surface area contributed by atoms with Gasteiger partial charge < -0.3 is 0 Å². The number of hydrogen-bond donors (Lipinski definition) is 0. The topological polar surface area (TPSA) is 0 Å². The Labute approximate surface area is 81.0 Å². The molecular formula is C8H11ClS2. The van der Waals surface area contributed by atoms with Crippen LogP contribution in [0.1, 0.15) is 6.92 Å². The molecule has 0 spiro atoms. The minimum absolute atomic E-state index is 0.615. The van der Waals surface area contributed by atoms with Crippen LogP contribution in [0.15, 0.2) is 21.7 Å². The van der Waals surface area contributed by atoms with Gasteiger partial charge in [0.05, 0.1) is 4.21 Å². The summed E-state index contributed by atoms with van der Waals surface area (Å²) in [5.74, 6) is 2.51. The van der Waals surface area contributed by atoms with Crippen LogP contribution in [-0.4, -0.2) is 11.6 Å². The second kappa shape index (κ2) is 5.07. The Morgan fingerprint density at radius 1 is 1.73 bits per heavy atom. The molecule has 1 aromatic rings. The summed E-state index contributed by atoms with van der Waals surface area (Å²) in [6.07, 6.45) is 0. The number of thioether (sulfide) groups is 1. The molecule has 0 aromatic carbocycles. The first-order chi connectivity index (χ1) is 5.33. The van der Waals surface area contributed by atoms with Crippen LogP contribution in [0.2, 0.25) is 0 Å². The number of thiophene rings is 1. The summed E-state index contributed by atoms with van der Waals surface area (Å²) in [6.45, 7) is 2.17. The van der Waals surface area contributed by atoms with Gasteiger partial charge in [-0.2, -0.15) is 0 Å². The summed E-state index contributed by atoms with van der Waals surface area (Å²) in [5, 5.41) is 2.10. The van der Waals surface area contributed by atoms with Gasteiger partial charge in [0.15, 0.2) is 0 Å². The normalized spacial score (nSPS) is 13.3. The molecule has 0 amide bonds. The van der Waals surface area contributed by atoms with Crippen molar-refractivity contribution in [1.29, 1.82) is 0 Å². The third kappa shape index (κ3) is 3.50. The summed E-state index contributed by atoms with van der Waals surface area (Å²) in [7, 11) is 0. The third-order valence-electron chi connectivity index (χ3n) is 1.27. The van der Waals surface area contributed by atoms with Crippen molar-refractivity contribution in [3.63, 3.8) is 0 Å². The van der Waals surface area contributed by atoms with Gasteiger partial charge in [0, 0.05) is 11.6 Å². The van der Waals surface area contributed by atoms with E-state index in [-0.39, 0.29) is 0 Å². The minimum Gasteiger partial charge on any atom is -0.137 e. The molecule has 62 valence electrons. The fourth-order valence-corrected chi connectivity index (χ4v) is 2.69. The van der Waals surface area contributed by atoms with Crippen molar-refractivity contribution in [2.24, 2.45) is 5.92 Å². The Balaban J connectivity index is 2.23. The predicted molar refractivity (Wildman–Crippen MR) is 54.9 cm³/mol. The zero-order valence-electron chi connectivity index (χ0n) is 6.42. The lowest BCUT2D eigenvalue weighted by molar-refractivity contribution is 0.759. The average molecular weight is 207 g/mol. The van der Waals surface area contributed by atoms with Crippen LogP contribution in [0.3, 0.4) is 0 Å². The Hall–Kier alpha value is 0.340. The van der Waals surface area contributed by atoms with E-state index in [0.29, 0.717) is 5.92 Å². The molecule has 0 nitrogen and oxygen atoms in total. The van der Waals surface area contributed by atoms with E-state index in [9.17, 15) is 0 Å². The summed E-state index contributed by atoms with van der Waals surface area (Å²) in [5.41, 5.74) is 0. The average Bonchev–Trinajstić information content (AvgIpc) is 2.52. The Morgan fingerprint density at radius 2 is 2.55 bits per heavy atom. The van der Waals surface area contributed by atoms with Crippen molar-refractivity contribution < 1.29 is 0 Å². The lowest BCUT2D eigenvalue weighted by Gasteiger charge is -2.03. The number of rotatable bonds is 4. The molecule has 1 heterocycles. The Kier molecular flexibility index (Phi) is 4.34. The quantitative estimate of drug-likeness (QED) is 0.535. The highest BCUT2D eigenvalue weighted by Gasteiger charge is 2.01. The zero-order valence-corrected chi connectivity index (χ0v) is 8.81. The van der Waals surface area contributed by atoms with E-state index in [1.807, 2.05) is 11.8 Å². The molecule has 1 unspecified atom stereocenters. The van der Waals surface area contributed by atoms with E-state index in [1.54, 1.807) is 11.3 Å². The van der Waals surface area contributed by atoms with Crippen molar-refractivity contribution in [3.8, 4) is 0 Å². The van der Waals surface area contributed by atoms with Gasteiger partial charge in [-0.1, -0.05) is 13.0 Å². The zero-order chi connectivity index (χ0) is 8.10. The van der Waals surface area contributed by atoms with E-state index in [4.69, 9.17) is 11.6 Å². The maximum absolute atomic E-state index is 5.68. The lowest BCUT2D eigenvalue weighted by atomic mass is 10.3. The molecule has 0 aliphatic heterocycles. The van der Waals surface area contributed by atoms with Gasteiger partial charge in [0.25, 0.3) is 0 Å². The molecule has 11 heavy (non-hydrogen) atoms. The molecule has 0 saturated carbocycles. The highest BCUT2D eigenvalue weighted by molar-refractivity contribution is 8.01. The van der Waals surface area contributed by atoms with Crippen LogP contribution in [0.25, 0.3) is 0 Å². The van der Waals surface area contributed by atoms with Gasteiger partial charge in [0.1, 0.15) is 0 Å². The standard InChI is InChI=1S/C8H11ClS2/c1-7(5-9)6-11-8-3-2-4-10-8/h2-4,7H,5-6H2,1H3. The van der Waals surface area contributed by atoms with Gasteiger partial charge in [-0.15, -0.1) is 34.7 Å². The largest absolute Gasteiger partial charge is 0.137 e. The first-order valence-corrected chi connectivity index (χ1v) is 5.95. The van der Waals surface area contributed by atoms with Crippen molar-refractivity contribution in [1.82, 2.24) is 0 Å². The van der Waals surface area contributed by atoms with E-state index < -0.39 is 0 Å². The van der Waals surface area contributed by atoms with E-state index >= 15 is 0 Å². The molecule has 0 fully saturated rings. The molecule has 0 bridgehead atoms. The fraction of sp³-hybridized carbons (Fsp3) is 0.500. The van der Waals surface area contributed by atoms with Crippen molar-refractivity contribution in [2.75, 3.05) is 11.6 Å². The van der Waals surface area contributed by atoms with Crippen molar-refractivity contribution >= 4 is 34.7 Å². The van der Waals surface area contributed by atoms with Crippen LogP contribution in [0, 0.1) is 5.92 Å².